The number of nitrogens with one attached hydrogen (secondary N) is 1. The molecule has 0 atom stereocenters. The van der Waals surface area contributed by atoms with Crippen molar-refractivity contribution in [1.29, 1.82) is 0 Å². The molecule has 1 aromatic heterocycles. The van der Waals surface area contributed by atoms with Crippen LogP contribution in [0.15, 0.2) is 67.4 Å². The first-order chi connectivity index (χ1) is 17.7. The number of hydrogen-bond donors (Lipinski definition) is 1. The van der Waals surface area contributed by atoms with Gasteiger partial charge in [-0.25, -0.2) is 9.97 Å². The Morgan fingerprint density at radius 2 is 1.78 bits per heavy atom. The molecule has 1 fully saturated rings. The summed E-state index contributed by atoms with van der Waals surface area (Å²) in [5.74, 6) is -0.0683. The van der Waals surface area contributed by atoms with Gasteiger partial charge in [0.25, 0.3) is 0 Å². The lowest BCUT2D eigenvalue weighted by Crippen LogP contribution is -2.46. The van der Waals surface area contributed by atoms with Crippen LogP contribution in [0.25, 0.3) is 0 Å². The molecule has 2 aromatic carbocycles. The molecule has 6 nitrogen and oxygen atoms in total. The summed E-state index contributed by atoms with van der Waals surface area (Å²) in [5.41, 5.74) is 2.10. The predicted molar refractivity (Wildman–Crippen MR) is 139 cm³/mol. The van der Waals surface area contributed by atoms with Crippen molar-refractivity contribution in [3.63, 3.8) is 0 Å². The smallest absolute Gasteiger partial charge is 0.369 e. The number of anilines is 3. The minimum atomic E-state index is -4.59. The van der Waals surface area contributed by atoms with Crippen LogP contribution in [0.2, 0.25) is 0 Å². The summed E-state index contributed by atoms with van der Waals surface area (Å²) in [4.78, 5) is 24.6. The van der Waals surface area contributed by atoms with E-state index in [1.807, 2.05) is 24.3 Å². The lowest BCUT2D eigenvalue weighted by atomic mass is 10.0. The van der Waals surface area contributed by atoms with E-state index in [2.05, 4.69) is 38.6 Å². The second-order valence-electron chi connectivity index (χ2n) is 8.99. The number of alkyl halides is 3. The third-order valence-corrected chi connectivity index (χ3v) is 6.45. The molecule has 0 aliphatic carbocycles. The van der Waals surface area contributed by atoms with E-state index in [9.17, 15) is 18.0 Å². The van der Waals surface area contributed by atoms with Crippen LogP contribution in [-0.2, 0) is 23.8 Å². The van der Waals surface area contributed by atoms with Crippen molar-refractivity contribution in [1.82, 2.24) is 14.9 Å². The van der Waals surface area contributed by atoms with Gasteiger partial charge in [0, 0.05) is 56.6 Å². The van der Waals surface area contributed by atoms with Crippen molar-refractivity contribution >= 4 is 23.1 Å². The fourth-order valence-electron chi connectivity index (χ4n) is 4.37. The summed E-state index contributed by atoms with van der Waals surface area (Å²) in [5, 5.41) is 3.03. The SMILES string of the molecule is C=CC(=O)Cc1cccc(Cc2nc(Nc3ccc(N4CCN(CC)CC4)cc3)ncc2C(F)(F)F)c1. The van der Waals surface area contributed by atoms with Crippen LogP contribution >= 0.6 is 0 Å². The number of likely N-dealkylation sites (N-methyl/N-ethyl adjacent to an activating group) is 1. The number of ketones is 1. The highest BCUT2D eigenvalue weighted by molar-refractivity contribution is 5.90. The number of hydrogen-bond acceptors (Lipinski definition) is 6. The molecule has 3 aromatic rings. The molecule has 1 saturated heterocycles. The van der Waals surface area contributed by atoms with E-state index in [0.29, 0.717) is 16.8 Å². The number of rotatable bonds is 9. The van der Waals surface area contributed by atoms with E-state index >= 15 is 0 Å². The first-order valence-electron chi connectivity index (χ1n) is 12.3. The Kier molecular flexibility index (Phi) is 8.23. The van der Waals surface area contributed by atoms with Crippen molar-refractivity contribution in [2.45, 2.75) is 25.9 Å². The highest BCUT2D eigenvalue weighted by Crippen LogP contribution is 2.33. The average Bonchev–Trinajstić information content (AvgIpc) is 2.89. The molecule has 9 heteroatoms. The third kappa shape index (κ3) is 6.95. The summed E-state index contributed by atoms with van der Waals surface area (Å²) < 4.78 is 41.1. The van der Waals surface area contributed by atoms with Crippen molar-refractivity contribution in [2.75, 3.05) is 42.9 Å². The van der Waals surface area contributed by atoms with E-state index in [4.69, 9.17) is 0 Å². The molecule has 0 unspecified atom stereocenters. The summed E-state index contributed by atoms with van der Waals surface area (Å²) in [6.07, 6.45) is -2.45. The van der Waals surface area contributed by atoms with Gasteiger partial charge in [0.05, 0.1) is 11.3 Å². The summed E-state index contributed by atoms with van der Waals surface area (Å²) in [6, 6.07) is 14.7. The molecule has 1 N–H and O–H groups in total. The van der Waals surface area contributed by atoms with Gasteiger partial charge in [0.2, 0.25) is 5.95 Å². The number of benzene rings is 2. The molecule has 37 heavy (non-hydrogen) atoms. The maximum absolute atomic E-state index is 13.7. The number of allylic oxidation sites excluding steroid dienone is 1. The van der Waals surface area contributed by atoms with Gasteiger partial charge < -0.3 is 15.1 Å². The van der Waals surface area contributed by atoms with Crippen molar-refractivity contribution in [3.05, 3.63) is 89.8 Å². The molecule has 0 amide bonds. The van der Waals surface area contributed by atoms with Crippen molar-refractivity contribution in [3.8, 4) is 0 Å². The van der Waals surface area contributed by atoms with E-state index in [0.717, 1.165) is 44.6 Å². The zero-order chi connectivity index (χ0) is 26.4. The standard InChI is InChI=1S/C28H30F3N5O/c1-3-24(37)17-20-6-5-7-21(16-20)18-26-25(28(29,30)31)19-32-27(34-26)33-22-8-10-23(11-9-22)36-14-12-35(4-2)13-15-36/h3,5-11,16,19H,1,4,12-15,17-18H2,2H3,(H,32,33,34). The molecule has 0 spiro atoms. The normalized spacial score (nSPS) is 14.4. The van der Waals surface area contributed by atoms with Crippen LogP contribution < -0.4 is 10.2 Å². The van der Waals surface area contributed by atoms with Crippen molar-refractivity contribution in [2.24, 2.45) is 0 Å². The Hall–Kier alpha value is -3.72. The molecule has 1 aliphatic heterocycles. The van der Waals surface area contributed by atoms with Gasteiger partial charge >= 0.3 is 6.18 Å². The Morgan fingerprint density at radius 1 is 1.08 bits per heavy atom. The second-order valence-corrected chi connectivity index (χ2v) is 8.99. The molecule has 0 radical (unpaired) electrons. The van der Waals surface area contributed by atoms with Crippen molar-refractivity contribution < 1.29 is 18.0 Å². The first-order valence-corrected chi connectivity index (χ1v) is 12.3. The minimum Gasteiger partial charge on any atom is -0.369 e. The minimum absolute atomic E-state index is 0.0508. The molecule has 4 rings (SSSR count). The largest absolute Gasteiger partial charge is 0.419 e. The monoisotopic (exact) mass is 509 g/mol. The third-order valence-electron chi connectivity index (χ3n) is 6.45. The van der Waals surface area contributed by atoms with Gasteiger partial charge in [0.1, 0.15) is 0 Å². The maximum Gasteiger partial charge on any atom is 0.419 e. The lowest BCUT2D eigenvalue weighted by molar-refractivity contribution is -0.138. The lowest BCUT2D eigenvalue weighted by Gasteiger charge is -2.35. The molecule has 194 valence electrons. The molecule has 2 heterocycles. The maximum atomic E-state index is 13.7. The Labute approximate surface area is 214 Å². The molecule has 0 saturated carbocycles. The van der Waals surface area contributed by atoms with Crippen LogP contribution in [-0.4, -0.2) is 53.4 Å². The highest BCUT2D eigenvalue weighted by Gasteiger charge is 2.35. The predicted octanol–water partition coefficient (Wildman–Crippen LogP) is 5.27. The van der Waals surface area contributed by atoms with Crippen LogP contribution in [0, 0.1) is 0 Å². The number of aromatic nitrogens is 2. The van der Waals surface area contributed by atoms with Crippen LogP contribution in [0.5, 0.6) is 0 Å². The van der Waals surface area contributed by atoms with Gasteiger partial charge in [0.15, 0.2) is 5.78 Å². The Balaban J connectivity index is 1.51. The number of halogens is 3. The average molecular weight is 510 g/mol. The zero-order valence-electron chi connectivity index (χ0n) is 20.8. The number of carbonyl (C=O) groups excluding carboxylic acids is 1. The molecular formula is C28H30F3N5O. The Bertz CT molecular complexity index is 1240. The molecule has 0 bridgehead atoms. The first kappa shape index (κ1) is 26.3. The Morgan fingerprint density at radius 3 is 2.43 bits per heavy atom. The van der Waals surface area contributed by atoms with Crippen LogP contribution in [0.4, 0.5) is 30.5 Å². The highest BCUT2D eigenvalue weighted by atomic mass is 19.4. The van der Waals surface area contributed by atoms with Gasteiger partial charge in [-0.1, -0.05) is 37.8 Å². The van der Waals surface area contributed by atoms with Gasteiger partial charge in [-0.3, -0.25) is 4.79 Å². The van der Waals surface area contributed by atoms with Gasteiger partial charge in [-0.15, -0.1) is 0 Å². The van der Waals surface area contributed by atoms with E-state index < -0.39 is 11.7 Å². The van der Waals surface area contributed by atoms with Crippen LogP contribution in [0.1, 0.15) is 29.3 Å². The summed E-state index contributed by atoms with van der Waals surface area (Å²) >= 11 is 0. The topological polar surface area (TPSA) is 61.4 Å². The second kappa shape index (κ2) is 11.6. The molecule has 1 aliphatic rings. The fourth-order valence-corrected chi connectivity index (χ4v) is 4.37. The number of piperazine rings is 1. The quantitative estimate of drug-likeness (QED) is 0.397. The van der Waals surface area contributed by atoms with Crippen LogP contribution in [0.3, 0.4) is 0 Å². The zero-order valence-corrected chi connectivity index (χ0v) is 20.8. The molecular weight excluding hydrogens is 479 g/mol. The fraction of sp³-hybridized carbons (Fsp3) is 0.321. The van der Waals surface area contributed by atoms with E-state index in [1.54, 1.807) is 24.3 Å². The number of carbonyl (C=O) groups is 1. The van der Waals surface area contributed by atoms with Gasteiger partial charge in [-0.2, -0.15) is 13.2 Å². The summed E-state index contributed by atoms with van der Waals surface area (Å²) in [6.45, 7) is 10.6. The van der Waals surface area contributed by atoms with Gasteiger partial charge in [-0.05, 0) is 48.0 Å². The number of nitrogens with zero attached hydrogens (tertiary/aromatic N) is 4. The van der Waals surface area contributed by atoms with E-state index in [1.165, 1.54) is 6.08 Å². The van der Waals surface area contributed by atoms with E-state index in [-0.39, 0.29) is 30.3 Å². The summed E-state index contributed by atoms with van der Waals surface area (Å²) in [7, 11) is 0.